The maximum atomic E-state index is 12.1. The molecule has 96 valence electrons. The number of methoxy groups -OCH3 is 3. The Bertz CT molecular complexity index is 415. The monoisotopic (exact) mass is 264 g/mol. The van der Waals surface area contributed by atoms with E-state index in [1.54, 1.807) is 19.2 Å². The largest absolute Gasteiger partial charge is 1.00 e. The van der Waals surface area contributed by atoms with Gasteiger partial charge in [0.15, 0.2) is 17.0 Å². The fraction of sp³-hybridized carbons (Fsp3) is 0.417. The number of carbonyl (C=O) groups excluding carboxylic acids is 1. The van der Waals surface area contributed by atoms with Crippen molar-refractivity contribution >= 4 is 14.1 Å². The van der Waals surface area contributed by atoms with E-state index in [4.69, 9.17) is 14.2 Å². The van der Waals surface area contributed by atoms with Crippen molar-refractivity contribution in [3.63, 3.8) is 0 Å². The van der Waals surface area contributed by atoms with Gasteiger partial charge in [-0.1, -0.05) is 6.92 Å². The van der Waals surface area contributed by atoms with Crippen LogP contribution in [0.25, 0.3) is 0 Å². The SMILES string of the molecule is CCPC(=O)c1c(OC)ccc(OC)c1OC.[H-].[Li+]. The average molecular weight is 264 g/mol. The van der Waals surface area contributed by atoms with Crippen molar-refractivity contribution in [2.24, 2.45) is 0 Å². The molecule has 1 atom stereocenters. The molecular formula is C12H18LiO4P. The van der Waals surface area contributed by atoms with Gasteiger partial charge in [0.2, 0.25) is 0 Å². The number of hydrogen-bond donors (Lipinski definition) is 0. The van der Waals surface area contributed by atoms with Gasteiger partial charge >= 0.3 is 18.9 Å². The summed E-state index contributed by atoms with van der Waals surface area (Å²) in [7, 11) is 4.80. The smallest absolute Gasteiger partial charge is 1.00 e. The Morgan fingerprint density at radius 3 is 2.17 bits per heavy atom. The molecule has 1 aromatic carbocycles. The maximum Gasteiger partial charge on any atom is 1.00 e. The van der Waals surface area contributed by atoms with Gasteiger partial charge in [-0.25, -0.2) is 0 Å². The van der Waals surface area contributed by atoms with E-state index in [2.05, 4.69) is 0 Å². The van der Waals surface area contributed by atoms with Crippen LogP contribution in [0.15, 0.2) is 12.1 Å². The molecule has 4 nitrogen and oxygen atoms in total. The zero-order valence-corrected chi connectivity index (χ0v) is 12.5. The summed E-state index contributed by atoms with van der Waals surface area (Å²) < 4.78 is 15.6. The third-order valence-corrected chi connectivity index (χ3v) is 3.22. The fourth-order valence-corrected chi connectivity index (χ4v) is 2.28. The molecule has 0 heterocycles. The Hall–Kier alpha value is -0.683. The summed E-state index contributed by atoms with van der Waals surface area (Å²) in [5.74, 6) is 1.50. The third-order valence-electron chi connectivity index (χ3n) is 2.29. The van der Waals surface area contributed by atoms with E-state index in [1.165, 1.54) is 14.2 Å². The standard InChI is InChI=1S/C12H17O4P.Li.H/c1-5-17-12(13)10-8(14-2)6-7-9(15-3)11(10)16-4;;/h6-7,17H,5H2,1-4H3;;/q;+1;-1. The summed E-state index contributed by atoms with van der Waals surface area (Å²) in [4.78, 5) is 12.1. The van der Waals surface area contributed by atoms with Gasteiger partial charge in [0.05, 0.1) is 21.3 Å². The molecule has 0 aliphatic rings. The molecule has 6 heteroatoms. The second-order valence-electron chi connectivity index (χ2n) is 3.24. The van der Waals surface area contributed by atoms with Crippen molar-refractivity contribution in [3.05, 3.63) is 17.7 Å². The van der Waals surface area contributed by atoms with E-state index in [9.17, 15) is 4.79 Å². The number of carbonyl (C=O) groups is 1. The normalized spacial score (nSPS) is 10.0. The molecular weight excluding hydrogens is 246 g/mol. The summed E-state index contributed by atoms with van der Waals surface area (Å²) in [6.45, 7) is 1.97. The Labute approximate surface area is 123 Å². The van der Waals surface area contributed by atoms with Gasteiger partial charge in [0, 0.05) is 0 Å². The predicted molar refractivity (Wildman–Crippen MR) is 70.4 cm³/mol. The van der Waals surface area contributed by atoms with E-state index >= 15 is 0 Å². The molecule has 0 saturated carbocycles. The van der Waals surface area contributed by atoms with Crippen LogP contribution in [0.3, 0.4) is 0 Å². The van der Waals surface area contributed by atoms with Crippen LogP contribution in [0.5, 0.6) is 17.2 Å². The van der Waals surface area contributed by atoms with E-state index in [0.29, 0.717) is 22.8 Å². The van der Waals surface area contributed by atoms with Crippen LogP contribution in [0.1, 0.15) is 18.7 Å². The first kappa shape index (κ1) is 17.3. The van der Waals surface area contributed by atoms with Crippen LogP contribution in [-0.2, 0) is 0 Å². The third kappa shape index (κ3) is 3.65. The number of rotatable bonds is 6. The summed E-state index contributed by atoms with van der Waals surface area (Å²) >= 11 is 0. The first-order valence-electron chi connectivity index (χ1n) is 5.26. The Morgan fingerprint density at radius 1 is 1.17 bits per heavy atom. The molecule has 0 spiro atoms. The van der Waals surface area contributed by atoms with Crippen LogP contribution in [0.2, 0.25) is 0 Å². The summed E-state index contributed by atoms with van der Waals surface area (Å²) in [5, 5.41) is 0. The van der Waals surface area contributed by atoms with Crippen LogP contribution < -0.4 is 33.1 Å². The Morgan fingerprint density at radius 2 is 1.72 bits per heavy atom. The van der Waals surface area contributed by atoms with Gasteiger partial charge < -0.3 is 15.6 Å². The molecule has 0 saturated heterocycles. The molecule has 1 rings (SSSR count). The minimum absolute atomic E-state index is 0. The molecule has 0 aliphatic heterocycles. The minimum Gasteiger partial charge on any atom is -1.00 e. The van der Waals surface area contributed by atoms with Crippen molar-refractivity contribution in [2.75, 3.05) is 27.5 Å². The first-order chi connectivity index (χ1) is 8.19. The van der Waals surface area contributed by atoms with Crippen molar-refractivity contribution in [1.82, 2.24) is 0 Å². The fourth-order valence-electron chi connectivity index (χ4n) is 1.54. The molecule has 0 radical (unpaired) electrons. The van der Waals surface area contributed by atoms with E-state index in [0.717, 1.165) is 6.16 Å². The number of hydrogen-bond acceptors (Lipinski definition) is 4. The second kappa shape index (κ2) is 8.42. The molecule has 18 heavy (non-hydrogen) atoms. The number of ether oxygens (including phenoxy) is 3. The quantitative estimate of drug-likeness (QED) is 0.521. The zero-order valence-electron chi connectivity index (χ0n) is 12.5. The molecule has 0 bridgehead atoms. The van der Waals surface area contributed by atoms with Crippen LogP contribution >= 0.6 is 8.58 Å². The summed E-state index contributed by atoms with van der Waals surface area (Å²) in [6, 6.07) is 3.44. The molecule has 0 fully saturated rings. The second-order valence-corrected chi connectivity index (χ2v) is 4.75. The van der Waals surface area contributed by atoms with Crippen molar-refractivity contribution in [1.29, 1.82) is 0 Å². The van der Waals surface area contributed by atoms with Gasteiger partial charge in [-0.05, 0) is 26.9 Å². The first-order valence-corrected chi connectivity index (χ1v) is 6.47. The van der Waals surface area contributed by atoms with Crippen LogP contribution in [0.4, 0.5) is 0 Å². The van der Waals surface area contributed by atoms with Gasteiger partial charge in [-0.2, -0.15) is 0 Å². The molecule has 0 aliphatic carbocycles. The van der Waals surface area contributed by atoms with Gasteiger partial charge in [0.1, 0.15) is 11.3 Å². The molecule has 1 unspecified atom stereocenters. The topological polar surface area (TPSA) is 44.8 Å². The maximum absolute atomic E-state index is 12.1. The molecule has 0 aromatic heterocycles. The number of benzene rings is 1. The predicted octanol–water partition coefficient (Wildman–Crippen LogP) is -0.333. The van der Waals surface area contributed by atoms with Crippen molar-refractivity contribution < 1.29 is 39.3 Å². The summed E-state index contributed by atoms with van der Waals surface area (Å²) in [6.07, 6.45) is 0.808. The van der Waals surface area contributed by atoms with Crippen molar-refractivity contribution in [2.45, 2.75) is 6.92 Å². The summed E-state index contributed by atoms with van der Waals surface area (Å²) in [5.41, 5.74) is 0.495. The van der Waals surface area contributed by atoms with E-state index in [1.807, 2.05) is 6.92 Å². The molecule has 0 N–H and O–H groups in total. The Balaban J connectivity index is 0. The van der Waals surface area contributed by atoms with Gasteiger partial charge in [-0.3, -0.25) is 4.79 Å². The van der Waals surface area contributed by atoms with Crippen LogP contribution in [-0.4, -0.2) is 33.0 Å². The molecule has 0 amide bonds. The zero-order chi connectivity index (χ0) is 12.8. The van der Waals surface area contributed by atoms with Gasteiger partial charge in [-0.15, -0.1) is 0 Å². The Kier molecular flexibility index (Phi) is 8.11. The average Bonchev–Trinajstić information content (AvgIpc) is 2.36. The van der Waals surface area contributed by atoms with E-state index in [-0.39, 0.29) is 34.4 Å². The van der Waals surface area contributed by atoms with Crippen LogP contribution in [0, 0.1) is 0 Å². The van der Waals surface area contributed by atoms with E-state index < -0.39 is 0 Å². The molecule has 1 aromatic rings. The van der Waals surface area contributed by atoms with Gasteiger partial charge in [0.25, 0.3) is 0 Å². The minimum atomic E-state index is 0. The van der Waals surface area contributed by atoms with Crippen molar-refractivity contribution in [3.8, 4) is 17.2 Å².